The molecular formula is C18H20N2O5S. The van der Waals surface area contributed by atoms with Gasteiger partial charge in [0.1, 0.15) is 12.6 Å². The molecule has 0 spiro atoms. The van der Waals surface area contributed by atoms with Gasteiger partial charge >= 0.3 is 5.97 Å². The Labute approximate surface area is 155 Å². The Kier molecular flexibility index (Phi) is 5.41. The van der Waals surface area contributed by atoms with Crippen LogP contribution in [0.4, 0.5) is 0 Å². The summed E-state index contributed by atoms with van der Waals surface area (Å²) < 4.78 is 11.1. The zero-order valence-corrected chi connectivity index (χ0v) is 15.4. The number of benzene rings is 1. The van der Waals surface area contributed by atoms with Crippen LogP contribution in [-0.4, -0.2) is 46.6 Å². The summed E-state index contributed by atoms with van der Waals surface area (Å²) in [6.07, 6.45) is 1.17. The monoisotopic (exact) mass is 376 g/mol. The highest BCUT2D eigenvalue weighted by Crippen LogP contribution is 2.30. The number of hydrogen-bond donors (Lipinski definition) is 1. The lowest BCUT2D eigenvalue weighted by Crippen LogP contribution is -2.40. The van der Waals surface area contributed by atoms with Crippen molar-refractivity contribution in [1.29, 1.82) is 0 Å². The third kappa shape index (κ3) is 3.80. The van der Waals surface area contributed by atoms with Crippen LogP contribution in [0.2, 0.25) is 0 Å². The van der Waals surface area contributed by atoms with Crippen molar-refractivity contribution in [3.05, 3.63) is 39.8 Å². The molecule has 1 amide bonds. The van der Waals surface area contributed by atoms with Crippen molar-refractivity contribution in [1.82, 2.24) is 9.88 Å². The van der Waals surface area contributed by atoms with Crippen LogP contribution in [0.5, 0.6) is 11.5 Å². The fourth-order valence-corrected chi connectivity index (χ4v) is 3.58. The zero-order valence-electron chi connectivity index (χ0n) is 14.6. The van der Waals surface area contributed by atoms with E-state index in [0.717, 1.165) is 10.7 Å². The second-order valence-corrected chi connectivity index (χ2v) is 7.07. The molecule has 1 aliphatic heterocycles. The van der Waals surface area contributed by atoms with Gasteiger partial charge in [-0.2, -0.15) is 0 Å². The summed E-state index contributed by atoms with van der Waals surface area (Å²) in [6, 6.07) is 4.11. The Balaban J connectivity index is 1.75. The summed E-state index contributed by atoms with van der Waals surface area (Å²) in [6.45, 7) is 2.68. The largest absolute Gasteiger partial charge is 0.493 e. The Morgan fingerprint density at radius 2 is 2.19 bits per heavy atom. The van der Waals surface area contributed by atoms with Crippen LogP contribution in [0.15, 0.2) is 23.6 Å². The first-order valence-electron chi connectivity index (χ1n) is 8.25. The van der Waals surface area contributed by atoms with E-state index in [9.17, 15) is 14.7 Å². The molecule has 0 aliphatic carbocycles. The number of carboxylic acid groups (broad SMARTS) is 1. The predicted molar refractivity (Wildman–Crippen MR) is 95.9 cm³/mol. The molecule has 3 rings (SSSR count). The lowest BCUT2D eigenvalue weighted by atomic mass is 10.1. The number of aliphatic carboxylic acids is 1. The van der Waals surface area contributed by atoms with Gasteiger partial charge in [-0.15, -0.1) is 11.3 Å². The van der Waals surface area contributed by atoms with Crippen molar-refractivity contribution in [3.63, 3.8) is 0 Å². The normalized spacial score (nSPS) is 16.5. The number of amides is 1. The van der Waals surface area contributed by atoms with E-state index in [4.69, 9.17) is 9.47 Å². The van der Waals surface area contributed by atoms with Gasteiger partial charge < -0.3 is 19.5 Å². The highest BCUT2D eigenvalue weighted by atomic mass is 32.1. The fraction of sp³-hybridized carbons (Fsp3) is 0.389. The number of carbonyl (C=O) groups excluding carboxylic acids is 1. The molecule has 0 unspecified atom stereocenters. The summed E-state index contributed by atoms with van der Waals surface area (Å²) in [5.74, 6) is -0.351. The van der Waals surface area contributed by atoms with Gasteiger partial charge in [-0.3, -0.25) is 4.79 Å². The molecule has 1 atom stereocenters. The lowest BCUT2D eigenvalue weighted by Gasteiger charge is -2.22. The number of ether oxygens (including phenoxy) is 2. The molecule has 0 saturated carbocycles. The van der Waals surface area contributed by atoms with Gasteiger partial charge in [-0.25, -0.2) is 9.78 Å². The molecule has 7 nitrogen and oxygen atoms in total. The molecule has 0 radical (unpaired) electrons. The Morgan fingerprint density at radius 3 is 2.85 bits per heavy atom. The summed E-state index contributed by atoms with van der Waals surface area (Å²) in [4.78, 5) is 29.7. The standard InChI is InChI=1S/C18H20N2O5S/c1-11-19-13(10-26-11)9-25-15-6-5-12(8-16(15)24-2)17(21)20-7-3-4-14(20)18(22)23/h5-6,8,10,14H,3-4,7,9H2,1-2H3,(H,22,23)/t14-/m0/s1. The van der Waals surface area contributed by atoms with Crippen LogP contribution in [0, 0.1) is 6.92 Å². The number of likely N-dealkylation sites (tertiary alicyclic amines) is 1. The number of rotatable bonds is 6. The molecule has 8 heteroatoms. The average molecular weight is 376 g/mol. The Bertz CT molecular complexity index is 820. The summed E-state index contributed by atoms with van der Waals surface area (Å²) in [7, 11) is 1.50. The predicted octanol–water partition coefficient (Wildman–Crippen LogP) is 2.73. The maximum atomic E-state index is 12.7. The van der Waals surface area contributed by atoms with E-state index in [1.54, 1.807) is 29.5 Å². The average Bonchev–Trinajstić information content (AvgIpc) is 3.28. The van der Waals surface area contributed by atoms with E-state index in [-0.39, 0.29) is 5.91 Å². The van der Waals surface area contributed by atoms with Gasteiger partial charge in [-0.05, 0) is 38.0 Å². The van der Waals surface area contributed by atoms with E-state index in [1.807, 2.05) is 12.3 Å². The third-order valence-corrected chi connectivity index (χ3v) is 5.07. The van der Waals surface area contributed by atoms with E-state index in [2.05, 4.69) is 4.98 Å². The van der Waals surface area contributed by atoms with Crippen LogP contribution in [-0.2, 0) is 11.4 Å². The van der Waals surface area contributed by atoms with Crippen molar-refractivity contribution in [2.75, 3.05) is 13.7 Å². The minimum absolute atomic E-state index is 0.307. The highest BCUT2D eigenvalue weighted by Gasteiger charge is 2.34. The topological polar surface area (TPSA) is 89.0 Å². The van der Waals surface area contributed by atoms with E-state index in [1.165, 1.54) is 12.0 Å². The first-order chi connectivity index (χ1) is 12.5. The number of hydrogen-bond acceptors (Lipinski definition) is 6. The van der Waals surface area contributed by atoms with Gasteiger partial charge in [0.05, 0.1) is 17.8 Å². The molecule has 1 aliphatic rings. The second-order valence-electron chi connectivity index (χ2n) is 6.01. The van der Waals surface area contributed by atoms with Crippen molar-refractivity contribution in [3.8, 4) is 11.5 Å². The number of aromatic nitrogens is 1. The number of carbonyl (C=O) groups is 2. The van der Waals surface area contributed by atoms with Crippen molar-refractivity contribution >= 4 is 23.2 Å². The summed E-state index contributed by atoms with van der Waals surface area (Å²) >= 11 is 1.55. The van der Waals surface area contributed by atoms with Gasteiger partial charge in [0.2, 0.25) is 0 Å². The number of nitrogens with zero attached hydrogens (tertiary/aromatic N) is 2. The number of carboxylic acids is 1. The van der Waals surface area contributed by atoms with Crippen LogP contribution < -0.4 is 9.47 Å². The molecule has 0 bridgehead atoms. The smallest absolute Gasteiger partial charge is 0.326 e. The second kappa shape index (κ2) is 7.74. The van der Waals surface area contributed by atoms with Gasteiger partial charge in [0.15, 0.2) is 11.5 Å². The number of aryl methyl sites for hydroxylation is 1. The summed E-state index contributed by atoms with van der Waals surface area (Å²) in [5, 5.41) is 12.2. The molecule has 1 saturated heterocycles. The lowest BCUT2D eigenvalue weighted by molar-refractivity contribution is -0.141. The summed E-state index contributed by atoms with van der Waals surface area (Å²) in [5.41, 5.74) is 1.21. The third-order valence-electron chi connectivity index (χ3n) is 4.25. The van der Waals surface area contributed by atoms with E-state index < -0.39 is 12.0 Å². The molecule has 2 heterocycles. The first kappa shape index (κ1) is 18.2. The zero-order chi connectivity index (χ0) is 18.7. The number of methoxy groups -OCH3 is 1. The van der Waals surface area contributed by atoms with Crippen LogP contribution in [0.25, 0.3) is 0 Å². The van der Waals surface area contributed by atoms with Crippen LogP contribution >= 0.6 is 11.3 Å². The fourth-order valence-electron chi connectivity index (χ4n) is 2.98. The first-order valence-corrected chi connectivity index (χ1v) is 9.13. The van der Waals surface area contributed by atoms with Crippen molar-refractivity contribution < 1.29 is 24.2 Å². The Hall–Kier alpha value is -2.61. The quantitative estimate of drug-likeness (QED) is 0.834. The van der Waals surface area contributed by atoms with Crippen molar-refractivity contribution in [2.24, 2.45) is 0 Å². The maximum absolute atomic E-state index is 12.7. The molecule has 1 N–H and O–H groups in total. The minimum atomic E-state index is -0.971. The molecular weight excluding hydrogens is 356 g/mol. The maximum Gasteiger partial charge on any atom is 0.326 e. The number of thiazole rings is 1. The van der Waals surface area contributed by atoms with Crippen molar-refractivity contribution in [2.45, 2.75) is 32.4 Å². The Morgan fingerprint density at radius 1 is 1.38 bits per heavy atom. The van der Waals surface area contributed by atoms with Crippen LogP contribution in [0.1, 0.15) is 33.9 Å². The van der Waals surface area contributed by atoms with E-state index in [0.29, 0.717) is 43.1 Å². The SMILES string of the molecule is COc1cc(C(=O)N2CCC[C@H]2C(=O)O)ccc1OCc1csc(C)n1. The molecule has 1 aromatic heterocycles. The molecule has 138 valence electrons. The van der Waals surface area contributed by atoms with E-state index >= 15 is 0 Å². The van der Waals surface area contributed by atoms with Gasteiger partial charge in [0, 0.05) is 17.5 Å². The minimum Gasteiger partial charge on any atom is -0.493 e. The molecule has 1 aromatic carbocycles. The highest BCUT2D eigenvalue weighted by molar-refractivity contribution is 7.09. The molecule has 26 heavy (non-hydrogen) atoms. The van der Waals surface area contributed by atoms with Crippen LogP contribution in [0.3, 0.4) is 0 Å². The van der Waals surface area contributed by atoms with Gasteiger partial charge in [-0.1, -0.05) is 0 Å². The van der Waals surface area contributed by atoms with Gasteiger partial charge in [0.25, 0.3) is 5.91 Å². The molecule has 2 aromatic rings. The molecule has 1 fully saturated rings.